The molecule has 2 amide bonds. The smallest absolute Gasteiger partial charge is 0.384 e. The van der Waals surface area contributed by atoms with Gasteiger partial charge in [0.25, 0.3) is 0 Å². The Hall–Kier alpha value is -2.25. The highest BCUT2D eigenvalue weighted by atomic mass is 19.4. The number of nitrogens with two attached hydrogens (primary N) is 1. The molecule has 4 N–H and O–H groups in total. The number of nitrogens with zero attached hydrogens (tertiary/aromatic N) is 1. The molecular formula is C12H15F3N4O. The van der Waals surface area contributed by atoms with E-state index in [4.69, 9.17) is 11.1 Å². The van der Waals surface area contributed by atoms with Crippen LogP contribution in [0.1, 0.15) is 18.1 Å². The number of anilines is 1. The summed E-state index contributed by atoms with van der Waals surface area (Å²) in [6.45, 7) is 2.16. The summed E-state index contributed by atoms with van der Waals surface area (Å²) in [5.41, 5.74) is 3.64. The zero-order valence-corrected chi connectivity index (χ0v) is 11.0. The monoisotopic (exact) mass is 288 g/mol. The Bertz CT molecular complexity index is 528. The predicted octanol–water partition coefficient (Wildman–Crippen LogP) is 2.47. The quantitative estimate of drug-likeness (QED) is 0.590. The summed E-state index contributed by atoms with van der Waals surface area (Å²) in [6.07, 6.45) is -4.65. The van der Waals surface area contributed by atoms with E-state index in [0.29, 0.717) is 6.54 Å². The zero-order chi connectivity index (χ0) is 15.5. The number of nitrogen functional groups attached to an aromatic ring is 1. The molecule has 1 aromatic rings. The van der Waals surface area contributed by atoms with Crippen molar-refractivity contribution < 1.29 is 18.0 Å². The fraction of sp³-hybridized carbons (Fsp3) is 0.333. The van der Waals surface area contributed by atoms with Crippen molar-refractivity contribution in [1.82, 2.24) is 4.90 Å². The van der Waals surface area contributed by atoms with Gasteiger partial charge in [-0.2, -0.15) is 13.2 Å². The molecule has 5 nitrogen and oxygen atoms in total. The molecule has 0 spiro atoms. The van der Waals surface area contributed by atoms with Crippen LogP contribution in [-0.2, 0) is 6.18 Å². The van der Waals surface area contributed by atoms with Crippen molar-refractivity contribution in [1.29, 1.82) is 5.41 Å². The third-order valence-corrected chi connectivity index (χ3v) is 2.69. The highest BCUT2D eigenvalue weighted by Gasteiger charge is 2.34. The van der Waals surface area contributed by atoms with E-state index in [-0.39, 0.29) is 5.69 Å². The number of amides is 2. The van der Waals surface area contributed by atoms with Gasteiger partial charge in [-0.15, -0.1) is 0 Å². The van der Waals surface area contributed by atoms with Crippen molar-refractivity contribution in [2.45, 2.75) is 13.1 Å². The topological polar surface area (TPSA) is 82.2 Å². The number of carbonyl (C=O) groups excluding carboxylic acids is 1. The lowest BCUT2D eigenvalue weighted by molar-refractivity contribution is -0.137. The molecule has 0 aliphatic carbocycles. The number of nitrogens with one attached hydrogen (secondary N) is 2. The van der Waals surface area contributed by atoms with Crippen LogP contribution in [0.25, 0.3) is 0 Å². The van der Waals surface area contributed by atoms with Crippen LogP contribution in [0.15, 0.2) is 18.2 Å². The number of hydrogen-bond donors (Lipinski definition) is 3. The van der Waals surface area contributed by atoms with Crippen molar-refractivity contribution in [3.05, 3.63) is 29.3 Å². The number of halogens is 3. The standard InChI is InChI=1S/C12H15F3N4O/c1-3-19(2)11(20)18-7-4-5-8(10(16)17)9(6-7)12(13,14)15/h4-6H,3H2,1-2H3,(H3,16,17)(H,18,20). The lowest BCUT2D eigenvalue weighted by Crippen LogP contribution is -2.31. The summed E-state index contributed by atoms with van der Waals surface area (Å²) in [5.74, 6) is -0.680. The molecule has 0 aromatic heterocycles. The maximum atomic E-state index is 12.9. The maximum Gasteiger partial charge on any atom is 0.417 e. The van der Waals surface area contributed by atoms with E-state index in [1.165, 1.54) is 18.0 Å². The van der Waals surface area contributed by atoms with E-state index >= 15 is 0 Å². The second-order valence-electron chi connectivity index (χ2n) is 4.12. The van der Waals surface area contributed by atoms with Crippen LogP contribution in [0.2, 0.25) is 0 Å². The maximum absolute atomic E-state index is 12.9. The minimum absolute atomic E-state index is 0.00683. The molecule has 0 saturated carbocycles. The SMILES string of the molecule is CCN(C)C(=O)Nc1ccc(C(=N)N)c(C(F)(F)F)c1. The van der Waals surface area contributed by atoms with Crippen LogP contribution in [0.3, 0.4) is 0 Å². The van der Waals surface area contributed by atoms with Gasteiger partial charge in [0.15, 0.2) is 0 Å². The van der Waals surface area contributed by atoms with Crippen molar-refractivity contribution in [3.63, 3.8) is 0 Å². The Morgan fingerprint density at radius 3 is 2.50 bits per heavy atom. The molecule has 0 bridgehead atoms. The average molecular weight is 288 g/mol. The lowest BCUT2D eigenvalue weighted by Gasteiger charge is -2.17. The van der Waals surface area contributed by atoms with E-state index in [9.17, 15) is 18.0 Å². The Morgan fingerprint density at radius 1 is 1.45 bits per heavy atom. The van der Waals surface area contributed by atoms with Crippen LogP contribution >= 0.6 is 0 Å². The summed E-state index contributed by atoms with van der Waals surface area (Å²) >= 11 is 0. The van der Waals surface area contributed by atoms with Crippen LogP contribution in [0.4, 0.5) is 23.7 Å². The van der Waals surface area contributed by atoms with E-state index in [1.54, 1.807) is 6.92 Å². The molecule has 1 rings (SSSR count). The van der Waals surface area contributed by atoms with Gasteiger partial charge in [0.1, 0.15) is 5.84 Å². The van der Waals surface area contributed by atoms with Crippen molar-refractivity contribution in [2.24, 2.45) is 5.73 Å². The number of amidine groups is 1. The summed E-state index contributed by atoms with van der Waals surface area (Å²) in [7, 11) is 1.52. The highest BCUT2D eigenvalue weighted by Crippen LogP contribution is 2.33. The van der Waals surface area contributed by atoms with E-state index in [0.717, 1.165) is 12.1 Å². The normalized spacial score (nSPS) is 11.1. The number of rotatable bonds is 3. The van der Waals surface area contributed by atoms with Gasteiger partial charge in [0.05, 0.1) is 5.56 Å². The number of alkyl halides is 3. The van der Waals surface area contributed by atoms with Crippen molar-refractivity contribution in [2.75, 3.05) is 18.9 Å². The molecule has 0 atom stereocenters. The molecular weight excluding hydrogens is 273 g/mol. The fourth-order valence-electron chi connectivity index (χ4n) is 1.45. The van der Waals surface area contributed by atoms with Gasteiger partial charge in [0.2, 0.25) is 0 Å². The predicted molar refractivity (Wildman–Crippen MR) is 69.8 cm³/mol. The van der Waals surface area contributed by atoms with Crippen molar-refractivity contribution in [3.8, 4) is 0 Å². The van der Waals surface area contributed by atoms with E-state index in [1.807, 2.05) is 0 Å². The van der Waals surface area contributed by atoms with Gasteiger partial charge in [0, 0.05) is 24.8 Å². The van der Waals surface area contributed by atoms with Crippen LogP contribution < -0.4 is 11.1 Å². The summed E-state index contributed by atoms with van der Waals surface area (Å²) in [5, 5.41) is 9.50. The molecule has 0 aliphatic heterocycles. The van der Waals surface area contributed by atoms with Crippen LogP contribution in [0.5, 0.6) is 0 Å². The van der Waals surface area contributed by atoms with Crippen LogP contribution in [-0.4, -0.2) is 30.4 Å². The first-order valence-electron chi connectivity index (χ1n) is 5.74. The largest absolute Gasteiger partial charge is 0.417 e. The lowest BCUT2D eigenvalue weighted by atomic mass is 10.1. The minimum atomic E-state index is -4.65. The van der Waals surface area contributed by atoms with Gasteiger partial charge >= 0.3 is 12.2 Å². The van der Waals surface area contributed by atoms with Gasteiger partial charge in [-0.05, 0) is 25.1 Å². The van der Waals surface area contributed by atoms with Gasteiger partial charge in [-0.3, -0.25) is 5.41 Å². The molecule has 0 aliphatic rings. The molecule has 110 valence electrons. The molecule has 0 saturated heterocycles. The molecule has 1 aromatic carbocycles. The number of carbonyl (C=O) groups is 1. The Labute approximate surface area is 114 Å². The van der Waals surface area contributed by atoms with Gasteiger partial charge in [-0.25, -0.2) is 4.79 Å². The molecule has 8 heteroatoms. The van der Waals surface area contributed by atoms with E-state index < -0.39 is 29.2 Å². The highest BCUT2D eigenvalue weighted by molar-refractivity contribution is 5.97. The van der Waals surface area contributed by atoms with Gasteiger partial charge in [-0.1, -0.05) is 0 Å². The molecule has 0 fully saturated rings. The first-order chi connectivity index (χ1) is 9.16. The minimum Gasteiger partial charge on any atom is -0.384 e. The first kappa shape index (κ1) is 15.8. The molecule has 0 radical (unpaired) electrons. The fourth-order valence-corrected chi connectivity index (χ4v) is 1.45. The summed E-state index contributed by atoms with van der Waals surface area (Å²) in [4.78, 5) is 12.9. The zero-order valence-electron chi connectivity index (χ0n) is 11.0. The molecule has 0 unspecified atom stereocenters. The Kier molecular flexibility index (Phi) is 4.59. The van der Waals surface area contributed by atoms with Gasteiger partial charge < -0.3 is 16.0 Å². The number of hydrogen-bond acceptors (Lipinski definition) is 2. The summed E-state index contributed by atoms with van der Waals surface area (Å²) in [6, 6.07) is 2.58. The van der Waals surface area contributed by atoms with Crippen LogP contribution in [0, 0.1) is 5.41 Å². The third-order valence-electron chi connectivity index (χ3n) is 2.69. The third kappa shape index (κ3) is 3.62. The number of benzene rings is 1. The summed E-state index contributed by atoms with van der Waals surface area (Å²) < 4.78 is 38.6. The molecule has 20 heavy (non-hydrogen) atoms. The number of urea groups is 1. The molecule has 0 heterocycles. The van der Waals surface area contributed by atoms with Crippen molar-refractivity contribution >= 4 is 17.6 Å². The second kappa shape index (κ2) is 5.81. The van der Waals surface area contributed by atoms with E-state index in [2.05, 4.69) is 5.32 Å². The second-order valence-corrected chi connectivity index (χ2v) is 4.12. The Balaban J connectivity index is 3.14. The average Bonchev–Trinajstić information content (AvgIpc) is 2.36. The Morgan fingerprint density at radius 2 is 2.05 bits per heavy atom. The first-order valence-corrected chi connectivity index (χ1v) is 5.74.